The Morgan fingerprint density at radius 1 is 1.43 bits per heavy atom. The summed E-state index contributed by atoms with van der Waals surface area (Å²) in [4.78, 5) is 16.3. The van der Waals surface area contributed by atoms with Crippen LogP contribution in [-0.4, -0.2) is 27.1 Å². The molecule has 1 atom stereocenters. The maximum atomic E-state index is 11.9. The SMILES string of the molecule is CCCCC[C@@H](C)NC(=O)CSc1ncc2ccccn12. The Bertz CT molecular complexity index is 582. The van der Waals surface area contributed by atoms with Gasteiger partial charge in [-0.25, -0.2) is 4.98 Å². The lowest BCUT2D eigenvalue weighted by Gasteiger charge is -2.13. The van der Waals surface area contributed by atoms with Gasteiger partial charge in [-0.15, -0.1) is 0 Å². The number of unbranched alkanes of at least 4 members (excludes halogenated alkanes) is 2. The lowest BCUT2D eigenvalue weighted by molar-refractivity contribution is -0.119. The van der Waals surface area contributed by atoms with E-state index >= 15 is 0 Å². The monoisotopic (exact) mass is 305 g/mol. The van der Waals surface area contributed by atoms with Crippen LogP contribution >= 0.6 is 11.8 Å². The number of thioether (sulfide) groups is 1. The van der Waals surface area contributed by atoms with E-state index in [-0.39, 0.29) is 11.9 Å². The Morgan fingerprint density at radius 3 is 3.10 bits per heavy atom. The Kier molecular flexibility index (Phi) is 6.11. The lowest BCUT2D eigenvalue weighted by Crippen LogP contribution is -2.33. The van der Waals surface area contributed by atoms with Crippen molar-refractivity contribution < 1.29 is 4.79 Å². The molecule has 1 N–H and O–H groups in total. The number of amides is 1. The number of carbonyl (C=O) groups is 1. The summed E-state index contributed by atoms with van der Waals surface area (Å²) in [5, 5.41) is 3.91. The highest BCUT2D eigenvalue weighted by atomic mass is 32.2. The number of pyridine rings is 1. The van der Waals surface area contributed by atoms with Gasteiger partial charge in [0, 0.05) is 12.2 Å². The number of aromatic nitrogens is 2. The molecule has 0 radical (unpaired) electrons. The van der Waals surface area contributed by atoms with Crippen molar-refractivity contribution in [3.63, 3.8) is 0 Å². The number of hydrogen-bond donors (Lipinski definition) is 1. The fraction of sp³-hybridized carbons (Fsp3) is 0.500. The smallest absolute Gasteiger partial charge is 0.230 e. The molecule has 0 bridgehead atoms. The second-order valence-corrected chi connectivity index (χ2v) is 6.23. The maximum absolute atomic E-state index is 11.9. The molecule has 4 nitrogen and oxygen atoms in total. The molecular weight excluding hydrogens is 282 g/mol. The van der Waals surface area contributed by atoms with Crippen molar-refractivity contribution in [2.75, 3.05) is 5.75 Å². The molecule has 0 spiro atoms. The van der Waals surface area contributed by atoms with Crippen LogP contribution in [0.5, 0.6) is 0 Å². The van der Waals surface area contributed by atoms with Crippen LogP contribution in [0, 0.1) is 0 Å². The molecule has 0 aliphatic carbocycles. The Morgan fingerprint density at radius 2 is 2.29 bits per heavy atom. The molecule has 2 heterocycles. The molecule has 0 aromatic carbocycles. The van der Waals surface area contributed by atoms with Crippen LogP contribution in [0.3, 0.4) is 0 Å². The zero-order chi connectivity index (χ0) is 15.1. The molecule has 0 saturated carbocycles. The van der Waals surface area contributed by atoms with Gasteiger partial charge in [0.05, 0.1) is 17.5 Å². The Hall–Kier alpha value is -1.49. The molecule has 2 rings (SSSR count). The zero-order valence-corrected chi connectivity index (χ0v) is 13.5. The third-order valence-corrected chi connectivity index (χ3v) is 4.35. The fourth-order valence-electron chi connectivity index (χ4n) is 2.25. The molecular formula is C16H23N3OS. The molecule has 1 amide bonds. The first-order valence-corrected chi connectivity index (χ1v) is 8.53. The van der Waals surface area contributed by atoms with Crippen molar-refractivity contribution in [3.8, 4) is 0 Å². The number of nitrogens with zero attached hydrogens (tertiary/aromatic N) is 2. The van der Waals surface area contributed by atoms with E-state index in [4.69, 9.17) is 0 Å². The molecule has 21 heavy (non-hydrogen) atoms. The first kappa shape index (κ1) is 15.9. The first-order valence-electron chi connectivity index (χ1n) is 7.55. The van der Waals surface area contributed by atoms with Crippen molar-refractivity contribution in [1.29, 1.82) is 0 Å². The average molecular weight is 305 g/mol. The summed E-state index contributed by atoms with van der Waals surface area (Å²) in [6.07, 6.45) is 8.47. The summed E-state index contributed by atoms with van der Waals surface area (Å²) >= 11 is 1.47. The number of rotatable bonds is 8. The zero-order valence-electron chi connectivity index (χ0n) is 12.7. The average Bonchev–Trinajstić information content (AvgIpc) is 2.88. The largest absolute Gasteiger partial charge is 0.353 e. The van der Waals surface area contributed by atoms with Crippen LogP contribution in [0.15, 0.2) is 35.7 Å². The quantitative estimate of drug-likeness (QED) is 0.599. The van der Waals surface area contributed by atoms with Crippen LogP contribution in [0.4, 0.5) is 0 Å². The van der Waals surface area contributed by atoms with Gasteiger partial charge in [-0.1, -0.05) is 44.0 Å². The van der Waals surface area contributed by atoms with E-state index in [0.29, 0.717) is 5.75 Å². The van der Waals surface area contributed by atoms with Gasteiger partial charge in [0.2, 0.25) is 5.91 Å². The Balaban J connectivity index is 1.78. The number of imidazole rings is 1. The number of nitrogens with one attached hydrogen (secondary N) is 1. The van der Waals surface area contributed by atoms with E-state index in [1.807, 2.05) is 35.0 Å². The van der Waals surface area contributed by atoms with Crippen LogP contribution in [-0.2, 0) is 4.79 Å². The van der Waals surface area contributed by atoms with Gasteiger partial charge in [-0.2, -0.15) is 0 Å². The van der Waals surface area contributed by atoms with Crippen molar-refractivity contribution in [3.05, 3.63) is 30.6 Å². The molecule has 2 aromatic rings. The topological polar surface area (TPSA) is 46.4 Å². The van der Waals surface area contributed by atoms with Gasteiger partial charge in [0.1, 0.15) is 0 Å². The second-order valence-electron chi connectivity index (χ2n) is 5.29. The predicted octanol–water partition coefficient (Wildman–Crippen LogP) is 3.51. The Labute approximate surface area is 130 Å². The summed E-state index contributed by atoms with van der Waals surface area (Å²) < 4.78 is 2.00. The highest BCUT2D eigenvalue weighted by Crippen LogP contribution is 2.18. The molecule has 0 unspecified atom stereocenters. The minimum Gasteiger partial charge on any atom is -0.353 e. The normalized spacial score (nSPS) is 12.5. The second kappa shape index (κ2) is 8.08. The molecule has 2 aromatic heterocycles. The number of hydrogen-bond acceptors (Lipinski definition) is 3. The fourth-order valence-corrected chi connectivity index (χ4v) is 3.02. The van der Waals surface area contributed by atoms with Gasteiger partial charge in [-0.3, -0.25) is 9.20 Å². The summed E-state index contributed by atoms with van der Waals surface area (Å²) in [7, 11) is 0. The van der Waals surface area contributed by atoms with Gasteiger partial charge in [0.25, 0.3) is 0 Å². The van der Waals surface area contributed by atoms with Gasteiger partial charge < -0.3 is 5.32 Å². The first-order chi connectivity index (χ1) is 10.2. The van der Waals surface area contributed by atoms with Gasteiger partial charge in [0.15, 0.2) is 5.16 Å². The molecule has 0 fully saturated rings. The lowest BCUT2D eigenvalue weighted by atomic mass is 10.1. The summed E-state index contributed by atoms with van der Waals surface area (Å²) in [6, 6.07) is 6.21. The van der Waals surface area contributed by atoms with E-state index in [0.717, 1.165) is 17.1 Å². The van der Waals surface area contributed by atoms with E-state index in [1.54, 1.807) is 0 Å². The highest BCUT2D eigenvalue weighted by molar-refractivity contribution is 7.99. The maximum Gasteiger partial charge on any atom is 0.230 e. The van der Waals surface area contributed by atoms with E-state index in [2.05, 4.69) is 24.1 Å². The standard InChI is InChI=1S/C16H23N3OS/c1-3-4-5-8-13(2)18-15(20)12-21-16-17-11-14-9-6-7-10-19(14)16/h6-7,9-11,13H,3-5,8,12H2,1-2H3,(H,18,20)/t13-/m1/s1. The van der Waals surface area contributed by atoms with Crippen LogP contribution in [0.2, 0.25) is 0 Å². The summed E-state index contributed by atoms with van der Waals surface area (Å²) in [5.74, 6) is 0.489. The van der Waals surface area contributed by atoms with Crippen molar-refractivity contribution in [2.24, 2.45) is 0 Å². The molecule has 5 heteroatoms. The van der Waals surface area contributed by atoms with E-state index < -0.39 is 0 Å². The predicted molar refractivity (Wildman–Crippen MR) is 87.7 cm³/mol. The molecule has 0 saturated heterocycles. The van der Waals surface area contributed by atoms with Crippen LogP contribution in [0.1, 0.15) is 39.5 Å². The van der Waals surface area contributed by atoms with E-state index in [1.165, 1.54) is 31.0 Å². The number of fused-ring (bicyclic) bond motifs is 1. The minimum absolute atomic E-state index is 0.0803. The molecule has 0 aliphatic rings. The third kappa shape index (κ3) is 4.77. The van der Waals surface area contributed by atoms with Crippen molar-refractivity contribution in [1.82, 2.24) is 14.7 Å². The van der Waals surface area contributed by atoms with Crippen LogP contribution < -0.4 is 5.32 Å². The highest BCUT2D eigenvalue weighted by Gasteiger charge is 2.10. The van der Waals surface area contributed by atoms with Crippen LogP contribution in [0.25, 0.3) is 5.52 Å². The van der Waals surface area contributed by atoms with Crippen molar-refractivity contribution >= 4 is 23.2 Å². The number of carbonyl (C=O) groups excluding carboxylic acids is 1. The third-order valence-electron chi connectivity index (χ3n) is 3.39. The van der Waals surface area contributed by atoms with E-state index in [9.17, 15) is 4.79 Å². The molecule has 114 valence electrons. The van der Waals surface area contributed by atoms with Gasteiger partial charge in [-0.05, 0) is 25.5 Å². The van der Waals surface area contributed by atoms with Gasteiger partial charge >= 0.3 is 0 Å². The summed E-state index contributed by atoms with van der Waals surface area (Å²) in [6.45, 7) is 4.26. The summed E-state index contributed by atoms with van der Waals surface area (Å²) in [5.41, 5.74) is 1.05. The minimum atomic E-state index is 0.0803. The van der Waals surface area contributed by atoms with Crippen molar-refractivity contribution in [2.45, 2.75) is 50.7 Å². The molecule has 0 aliphatic heterocycles.